The Morgan fingerprint density at radius 3 is 2.30 bits per heavy atom. The molecule has 0 saturated carbocycles. The van der Waals surface area contributed by atoms with Crippen LogP contribution in [0, 0.1) is 12.8 Å². The van der Waals surface area contributed by atoms with Gasteiger partial charge in [0.15, 0.2) is 0 Å². The van der Waals surface area contributed by atoms with Gasteiger partial charge in [-0.3, -0.25) is 4.79 Å². The van der Waals surface area contributed by atoms with Crippen LogP contribution in [0.15, 0.2) is 53.4 Å². The number of sulfonamides is 1. The lowest BCUT2D eigenvalue weighted by Gasteiger charge is -2.34. The first kappa shape index (κ1) is 33.3. The minimum atomic E-state index is -3.91. The molecule has 2 aromatic rings. The summed E-state index contributed by atoms with van der Waals surface area (Å²) in [6, 6.07) is 11.2. The van der Waals surface area contributed by atoms with Crippen molar-refractivity contribution >= 4 is 28.0 Å². The van der Waals surface area contributed by atoms with Gasteiger partial charge in [0.05, 0.1) is 11.5 Å². The number of aliphatic carboxylic acids is 1. The third-order valence-electron chi connectivity index (χ3n) is 7.77. The smallest absolute Gasteiger partial charge is 0.410 e. The number of likely N-dealkylation sites (tertiary alicyclic amines) is 1. The largest absolute Gasteiger partial charge is 0.493 e. The SMILES string of the molecule is Cc1ccc(S(=O)(=O)N2CCC[C@H]2C(=O)N[C@@H](Cc2ccc(OCC3CCCN(C(=O)OC(C)(C)C)C3)cc2)C(=O)O)cc1. The molecule has 0 aromatic heterocycles. The summed E-state index contributed by atoms with van der Waals surface area (Å²) in [6.45, 7) is 9.21. The fourth-order valence-corrected chi connectivity index (χ4v) is 7.12. The molecule has 0 spiro atoms. The summed E-state index contributed by atoms with van der Waals surface area (Å²) in [5.41, 5.74) is 1.04. The van der Waals surface area contributed by atoms with Crippen LogP contribution in [-0.2, 0) is 30.8 Å². The lowest BCUT2D eigenvalue weighted by molar-refractivity contribution is -0.142. The van der Waals surface area contributed by atoms with Crippen LogP contribution in [0.2, 0.25) is 0 Å². The van der Waals surface area contributed by atoms with Crippen molar-refractivity contribution in [1.82, 2.24) is 14.5 Å². The minimum absolute atomic E-state index is 0.0201. The number of hydrogen-bond acceptors (Lipinski definition) is 7. The molecule has 44 heavy (non-hydrogen) atoms. The number of rotatable bonds is 10. The van der Waals surface area contributed by atoms with E-state index < -0.39 is 39.6 Å². The molecule has 0 aliphatic carbocycles. The van der Waals surface area contributed by atoms with Crippen molar-refractivity contribution in [3.8, 4) is 5.75 Å². The monoisotopic (exact) mass is 629 g/mol. The van der Waals surface area contributed by atoms with Crippen LogP contribution in [0.5, 0.6) is 5.75 Å². The number of hydrogen-bond donors (Lipinski definition) is 2. The molecule has 2 heterocycles. The number of carboxylic acids is 1. The second-order valence-corrected chi connectivity index (χ2v) is 14.5. The number of carboxylic acid groups (broad SMARTS) is 1. The number of ether oxygens (including phenoxy) is 2. The Kier molecular flexibility index (Phi) is 10.6. The van der Waals surface area contributed by atoms with E-state index in [1.165, 1.54) is 12.1 Å². The number of amides is 2. The molecule has 11 nitrogen and oxygen atoms in total. The number of nitrogens with one attached hydrogen (secondary N) is 1. The Morgan fingerprint density at radius 1 is 1.00 bits per heavy atom. The molecule has 2 aliphatic heterocycles. The molecule has 4 rings (SSSR count). The summed E-state index contributed by atoms with van der Waals surface area (Å²) >= 11 is 0. The fraction of sp³-hybridized carbons (Fsp3) is 0.531. The zero-order chi connectivity index (χ0) is 32.1. The highest BCUT2D eigenvalue weighted by atomic mass is 32.2. The summed E-state index contributed by atoms with van der Waals surface area (Å²) in [5, 5.41) is 12.4. The number of aryl methyl sites for hydroxylation is 1. The Labute approximate surface area is 259 Å². The van der Waals surface area contributed by atoms with E-state index in [-0.39, 0.29) is 29.9 Å². The van der Waals surface area contributed by atoms with E-state index >= 15 is 0 Å². The standard InChI is InChI=1S/C32H43N3O8S/c1-22-9-15-26(16-10-22)44(40,41)35-18-6-8-28(35)29(36)33-27(30(37)38)19-23-11-13-25(14-12-23)42-21-24-7-5-17-34(20-24)31(39)43-32(2,3)4/h9-16,24,27-28H,5-8,17-21H2,1-4H3,(H,33,36)(H,37,38)/t24?,27-,28-/m0/s1. The van der Waals surface area contributed by atoms with Crippen molar-refractivity contribution in [1.29, 1.82) is 0 Å². The van der Waals surface area contributed by atoms with Crippen LogP contribution in [0.25, 0.3) is 0 Å². The number of carbonyl (C=O) groups excluding carboxylic acids is 2. The maximum Gasteiger partial charge on any atom is 0.410 e. The average Bonchev–Trinajstić information content (AvgIpc) is 3.47. The van der Waals surface area contributed by atoms with Crippen LogP contribution < -0.4 is 10.1 Å². The number of carbonyl (C=O) groups is 3. The Hall–Kier alpha value is -3.64. The maximum atomic E-state index is 13.2. The number of benzene rings is 2. The van der Waals surface area contributed by atoms with E-state index in [9.17, 15) is 27.9 Å². The lowest BCUT2D eigenvalue weighted by atomic mass is 9.99. The molecule has 2 fully saturated rings. The number of nitrogens with zero attached hydrogens (tertiary/aromatic N) is 2. The highest BCUT2D eigenvalue weighted by Crippen LogP contribution is 2.27. The van der Waals surface area contributed by atoms with E-state index in [2.05, 4.69) is 5.32 Å². The second-order valence-electron chi connectivity index (χ2n) is 12.6. The topological polar surface area (TPSA) is 143 Å². The zero-order valence-corrected chi connectivity index (χ0v) is 26.6. The molecule has 2 saturated heterocycles. The third-order valence-corrected chi connectivity index (χ3v) is 9.69. The van der Waals surface area contributed by atoms with Crippen molar-refractivity contribution in [2.45, 2.75) is 82.4 Å². The van der Waals surface area contributed by atoms with Crippen molar-refractivity contribution in [2.75, 3.05) is 26.2 Å². The first-order valence-corrected chi connectivity index (χ1v) is 16.5. The zero-order valence-electron chi connectivity index (χ0n) is 25.8. The lowest BCUT2D eigenvalue weighted by Crippen LogP contribution is -2.51. The molecule has 2 aliphatic rings. The molecule has 0 bridgehead atoms. The minimum Gasteiger partial charge on any atom is -0.493 e. The van der Waals surface area contributed by atoms with Crippen LogP contribution >= 0.6 is 0 Å². The molecule has 3 atom stereocenters. The first-order chi connectivity index (χ1) is 20.7. The van der Waals surface area contributed by atoms with Crippen LogP contribution in [-0.4, -0.2) is 84.6 Å². The molecule has 240 valence electrons. The molecule has 2 aromatic carbocycles. The highest BCUT2D eigenvalue weighted by Gasteiger charge is 2.40. The van der Waals surface area contributed by atoms with E-state index in [0.29, 0.717) is 43.9 Å². The average molecular weight is 630 g/mol. The Bertz CT molecular complexity index is 1420. The van der Waals surface area contributed by atoms with Crippen LogP contribution in [0.3, 0.4) is 0 Å². The Balaban J connectivity index is 1.31. The van der Waals surface area contributed by atoms with Crippen molar-refractivity contribution in [2.24, 2.45) is 5.92 Å². The van der Waals surface area contributed by atoms with Gasteiger partial charge >= 0.3 is 12.1 Å². The van der Waals surface area contributed by atoms with Gasteiger partial charge in [0.1, 0.15) is 23.4 Å². The fourth-order valence-electron chi connectivity index (χ4n) is 5.47. The van der Waals surface area contributed by atoms with Gasteiger partial charge in [0.25, 0.3) is 0 Å². The molecule has 2 N–H and O–H groups in total. The predicted octanol–water partition coefficient (Wildman–Crippen LogP) is 3.99. The number of piperidine rings is 1. The van der Waals surface area contributed by atoms with Gasteiger partial charge in [-0.2, -0.15) is 4.31 Å². The molecule has 12 heteroatoms. The molecule has 0 radical (unpaired) electrons. The van der Waals surface area contributed by atoms with Gasteiger partial charge in [-0.15, -0.1) is 0 Å². The van der Waals surface area contributed by atoms with Gasteiger partial charge < -0.3 is 24.8 Å². The van der Waals surface area contributed by atoms with E-state index in [4.69, 9.17) is 9.47 Å². The summed E-state index contributed by atoms with van der Waals surface area (Å²) in [7, 11) is -3.91. The van der Waals surface area contributed by atoms with Crippen LogP contribution in [0.4, 0.5) is 4.79 Å². The Morgan fingerprint density at radius 2 is 1.66 bits per heavy atom. The molecule has 2 amide bonds. The van der Waals surface area contributed by atoms with Gasteiger partial charge in [-0.05, 0) is 83.2 Å². The maximum absolute atomic E-state index is 13.2. The van der Waals surface area contributed by atoms with E-state index in [0.717, 1.165) is 22.7 Å². The van der Waals surface area contributed by atoms with Gasteiger partial charge in [0.2, 0.25) is 15.9 Å². The quantitative estimate of drug-likeness (QED) is 0.402. The summed E-state index contributed by atoms with van der Waals surface area (Å²) in [5.74, 6) is -1.07. The molecular weight excluding hydrogens is 586 g/mol. The highest BCUT2D eigenvalue weighted by molar-refractivity contribution is 7.89. The molecular formula is C32H43N3O8S. The summed E-state index contributed by atoms with van der Waals surface area (Å²) < 4.78 is 39.1. The second kappa shape index (κ2) is 14.0. The molecule has 1 unspecified atom stereocenters. The normalized spacial score (nSPS) is 20.1. The first-order valence-electron chi connectivity index (χ1n) is 15.0. The summed E-state index contributed by atoms with van der Waals surface area (Å²) in [4.78, 5) is 39.5. The van der Waals surface area contributed by atoms with Crippen molar-refractivity contribution in [3.63, 3.8) is 0 Å². The van der Waals surface area contributed by atoms with Gasteiger partial charge in [0, 0.05) is 32.0 Å². The summed E-state index contributed by atoms with van der Waals surface area (Å²) in [6.07, 6.45) is 2.31. The predicted molar refractivity (Wildman–Crippen MR) is 164 cm³/mol. The van der Waals surface area contributed by atoms with Crippen LogP contribution in [0.1, 0.15) is 57.6 Å². The van der Waals surface area contributed by atoms with Gasteiger partial charge in [-0.25, -0.2) is 18.0 Å². The van der Waals surface area contributed by atoms with E-state index in [1.54, 1.807) is 41.3 Å². The van der Waals surface area contributed by atoms with Gasteiger partial charge in [-0.1, -0.05) is 29.8 Å². The van der Waals surface area contributed by atoms with E-state index in [1.807, 2.05) is 27.7 Å². The van der Waals surface area contributed by atoms with Crippen molar-refractivity contribution in [3.05, 3.63) is 59.7 Å². The van der Waals surface area contributed by atoms with Crippen molar-refractivity contribution < 1.29 is 37.4 Å². The third kappa shape index (κ3) is 8.72.